The van der Waals surface area contributed by atoms with Crippen LogP contribution in [0.2, 0.25) is 0 Å². The Balaban J connectivity index is 2.70. The molecule has 0 heterocycles. The van der Waals surface area contributed by atoms with Crippen molar-refractivity contribution >= 4 is 11.8 Å². The number of nitrogens with one attached hydrogen (secondary N) is 1. The number of carbonyl (C=O) groups is 1. The molecule has 87 valence electrons. The summed E-state index contributed by atoms with van der Waals surface area (Å²) in [5, 5.41) is 2.72. The van der Waals surface area contributed by atoms with Crippen molar-refractivity contribution in [3.05, 3.63) is 36.8 Å². The second kappa shape index (κ2) is 5.01. The summed E-state index contributed by atoms with van der Waals surface area (Å²) in [5.41, 5.74) is 1.27. The molecule has 0 spiro atoms. The van der Waals surface area contributed by atoms with E-state index in [0.717, 1.165) is 11.3 Å². The van der Waals surface area contributed by atoms with Crippen molar-refractivity contribution in [1.82, 2.24) is 0 Å². The molecular formula is C13H18NO2. The van der Waals surface area contributed by atoms with Crippen LogP contribution in [0.5, 0.6) is 0 Å². The minimum atomic E-state index is -0.483. The lowest BCUT2D eigenvalue weighted by molar-refractivity contribution is 0.0636. The predicted molar refractivity (Wildman–Crippen MR) is 65.4 cm³/mol. The van der Waals surface area contributed by atoms with Crippen LogP contribution in [0, 0.1) is 6.92 Å². The number of hydrogen-bond acceptors (Lipinski definition) is 2. The number of hydrogen-bond donors (Lipinski definition) is 1. The molecule has 3 heteroatoms. The van der Waals surface area contributed by atoms with Crippen molar-refractivity contribution < 1.29 is 9.53 Å². The van der Waals surface area contributed by atoms with E-state index in [1.807, 2.05) is 45.0 Å². The van der Waals surface area contributed by atoms with Gasteiger partial charge in [-0.3, -0.25) is 5.32 Å². The van der Waals surface area contributed by atoms with Crippen LogP contribution in [-0.4, -0.2) is 11.7 Å². The van der Waals surface area contributed by atoms with Gasteiger partial charge in [-0.1, -0.05) is 18.2 Å². The van der Waals surface area contributed by atoms with E-state index < -0.39 is 11.7 Å². The Morgan fingerprint density at radius 2 is 2.00 bits per heavy atom. The molecule has 3 nitrogen and oxygen atoms in total. The molecular weight excluding hydrogens is 202 g/mol. The highest BCUT2D eigenvalue weighted by Crippen LogP contribution is 2.16. The third kappa shape index (κ3) is 3.93. The van der Waals surface area contributed by atoms with Crippen LogP contribution in [0.15, 0.2) is 24.3 Å². The Hall–Kier alpha value is -1.51. The minimum absolute atomic E-state index is 0.437. The monoisotopic (exact) mass is 220 g/mol. The van der Waals surface area contributed by atoms with E-state index in [1.54, 1.807) is 0 Å². The summed E-state index contributed by atoms with van der Waals surface area (Å²) in [4.78, 5) is 11.5. The van der Waals surface area contributed by atoms with E-state index in [-0.39, 0.29) is 0 Å². The Labute approximate surface area is 96.8 Å². The van der Waals surface area contributed by atoms with Gasteiger partial charge in [0.2, 0.25) is 0 Å². The number of carbonyl (C=O) groups excluding carboxylic acids is 1. The van der Waals surface area contributed by atoms with Crippen molar-refractivity contribution in [3.63, 3.8) is 0 Å². The summed E-state index contributed by atoms with van der Waals surface area (Å²) in [6.45, 7) is 9.31. The standard InChI is InChI=1S/C13H18NO2/c1-5-10-8-6-7-9-11(10)14-12(15)16-13(2,3)4/h6-9H,1,5H2,2-4H3,(H,14,15). The maximum atomic E-state index is 11.5. The minimum Gasteiger partial charge on any atom is -0.444 e. The third-order valence-electron chi connectivity index (χ3n) is 1.92. The van der Waals surface area contributed by atoms with Crippen LogP contribution < -0.4 is 5.32 Å². The van der Waals surface area contributed by atoms with Crippen LogP contribution in [0.1, 0.15) is 26.3 Å². The molecule has 0 aliphatic carbocycles. The van der Waals surface area contributed by atoms with Crippen molar-refractivity contribution in [2.24, 2.45) is 0 Å². The highest BCUT2D eigenvalue weighted by molar-refractivity contribution is 5.85. The molecule has 0 saturated heterocycles. The zero-order valence-electron chi connectivity index (χ0n) is 10.0. The van der Waals surface area contributed by atoms with Gasteiger partial charge in [-0.05, 0) is 45.7 Å². The van der Waals surface area contributed by atoms with E-state index in [9.17, 15) is 4.79 Å². The summed E-state index contributed by atoms with van der Waals surface area (Å²) in [7, 11) is 0. The number of ether oxygens (including phenoxy) is 1. The van der Waals surface area contributed by atoms with Crippen molar-refractivity contribution in [3.8, 4) is 0 Å². The van der Waals surface area contributed by atoms with Crippen molar-refractivity contribution in [2.45, 2.75) is 32.8 Å². The van der Waals surface area contributed by atoms with Gasteiger partial charge in [0.25, 0.3) is 0 Å². The van der Waals surface area contributed by atoms with E-state index in [0.29, 0.717) is 6.42 Å². The van der Waals surface area contributed by atoms with Gasteiger partial charge in [-0.2, -0.15) is 0 Å². The van der Waals surface area contributed by atoms with Gasteiger partial charge in [0.05, 0.1) is 0 Å². The van der Waals surface area contributed by atoms with Crippen LogP contribution in [0.3, 0.4) is 0 Å². The Kier molecular flexibility index (Phi) is 3.93. The number of rotatable bonds is 2. The second-order valence-corrected chi connectivity index (χ2v) is 4.53. The predicted octanol–water partition coefficient (Wildman–Crippen LogP) is 3.41. The average molecular weight is 220 g/mol. The number of benzene rings is 1. The first-order valence-electron chi connectivity index (χ1n) is 5.29. The second-order valence-electron chi connectivity index (χ2n) is 4.53. The molecule has 1 radical (unpaired) electrons. The largest absolute Gasteiger partial charge is 0.444 e. The van der Waals surface area contributed by atoms with Gasteiger partial charge in [-0.15, -0.1) is 0 Å². The van der Waals surface area contributed by atoms with Gasteiger partial charge in [0, 0.05) is 5.69 Å². The van der Waals surface area contributed by atoms with Crippen molar-refractivity contribution in [1.29, 1.82) is 0 Å². The van der Waals surface area contributed by atoms with Crippen LogP contribution in [0.25, 0.3) is 0 Å². The number of anilines is 1. The molecule has 0 aromatic heterocycles. The molecule has 1 amide bonds. The molecule has 16 heavy (non-hydrogen) atoms. The Morgan fingerprint density at radius 3 is 2.56 bits per heavy atom. The molecule has 0 fully saturated rings. The fourth-order valence-corrected chi connectivity index (χ4v) is 1.27. The van der Waals surface area contributed by atoms with Crippen LogP contribution in [-0.2, 0) is 11.2 Å². The number of amides is 1. The van der Waals surface area contributed by atoms with E-state index in [2.05, 4.69) is 12.2 Å². The summed E-state index contributed by atoms with van der Waals surface area (Å²) in [6, 6.07) is 7.55. The maximum absolute atomic E-state index is 11.5. The normalized spacial score (nSPS) is 11.0. The Bertz CT molecular complexity index is 366. The molecule has 0 aliphatic rings. The van der Waals surface area contributed by atoms with Gasteiger partial charge in [0.1, 0.15) is 5.60 Å². The highest BCUT2D eigenvalue weighted by atomic mass is 16.6. The van der Waals surface area contributed by atoms with Crippen molar-refractivity contribution in [2.75, 3.05) is 5.32 Å². The summed E-state index contributed by atoms with van der Waals surface area (Å²) in [6.07, 6.45) is 0.194. The Morgan fingerprint density at radius 1 is 1.38 bits per heavy atom. The molecule has 0 saturated carbocycles. The summed E-state index contributed by atoms with van der Waals surface area (Å²) < 4.78 is 5.17. The first-order chi connectivity index (χ1) is 7.42. The molecule has 1 aromatic rings. The lowest BCUT2D eigenvalue weighted by Gasteiger charge is -2.20. The lowest BCUT2D eigenvalue weighted by Crippen LogP contribution is -2.27. The fourth-order valence-electron chi connectivity index (χ4n) is 1.27. The topological polar surface area (TPSA) is 38.3 Å². The zero-order chi connectivity index (χ0) is 12.2. The smallest absolute Gasteiger partial charge is 0.412 e. The average Bonchev–Trinajstić information content (AvgIpc) is 2.15. The molecule has 0 atom stereocenters. The summed E-state index contributed by atoms with van der Waals surface area (Å²) in [5.74, 6) is 0. The fraction of sp³-hybridized carbons (Fsp3) is 0.385. The molecule has 1 N–H and O–H groups in total. The number of para-hydroxylation sites is 1. The van der Waals surface area contributed by atoms with Crippen LogP contribution in [0.4, 0.5) is 10.5 Å². The molecule has 0 aliphatic heterocycles. The molecule has 0 unspecified atom stereocenters. The van der Waals surface area contributed by atoms with E-state index in [1.165, 1.54) is 0 Å². The molecule has 1 rings (SSSR count). The lowest BCUT2D eigenvalue weighted by atomic mass is 10.1. The van der Waals surface area contributed by atoms with Gasteiger partial charge in [0.15, 0.2) is 0 Å². The van der Waals surface area contributed by atoms with Gasteiger partial charge < -0.3 is 4.74 Å². The van der Waals surface area contributed by atoms with E-state index >= 15 is 0 Å². The first-order valence-corrected chi connectivity index (χ1v) is 5.29. The molecule has 0 bridgehead atoms. The maximum Gasteiger partial charge on any atom is 0.412 e. The van der Waals surface area contributed by atoms with Gasteiger partial charge >= 0.3 is 6.09 Å². The van der Waals surface area contributed by atoms with Gasteiger partial charge in [-0.25, -0.2) is 4.79 Å². The molecule has 1 aromatic carbocycles. The third-order valence-corrected chi connectivity index (χ3v) is 1.92. The highest BCUT2D eigenvalue weighted by Gasteiger charge is 2.16. The van der Waals surface area contributed by atoms with Crippen LogP contribution >= 0.6 is 0 Å². The first kappa shape index (κ1) is 12.6. The zero-order valence-corrected chi connectivity index (χ0v) is 10.0. The summed E-state index contributed by atoms with van der Waals surface area (Å²) >= 11 is 0. The van der Waals surface area contributed by atoms with E-state index in [4.69, 9.17) is 4.74 Å². The SMILES string of the molecule is [CH2]Cc1ccccc1NC(=O)OC(C)(C)C. The quantitative estimate of drug-likeness (QED) is 0.829.